The number of benzene rings is 1. The third-order valence-electron chi connectivity index (χ3n) is 11.3. The number of methoxy groups -OCH3 is 1. The van der Waals surface area contributed by atoms with Gasteiger partial charge in [0, 0.05) is 18.4 Å². The first-order valence-corrected chi connectivity index (χ1v) is 20.4. The van der Waals surface area contributed by atoms with E-state index in [4.69, 9.17) is 14.2 Å². The van der Waals surface area contributed by atoms with Crippen molar-refractivity contribution in [2.75, 3.05) is 13.7 Å². The van der Waals surface area contributed by atoms with Gasteiger partial charge in [-0.1, -0.05) is 38.8 Å². The Balaban J connectivity index is 1.31. The maximum Gasteiger partial charge on any atom is 0.408 e. The number of aryl methyl sites for hydroxylation is 1. The maximum absolute atomic E-state index is 14.5. The molecule has 2 saturated carbocycles. The summed E-state index contributed by atoms with van der Waals surface area (Å²) in [5.41, 5.74) is 0.151. The van der Waals surface area contributed by atoms with Gasteiger partial charge in [0.15, 0.2) is 0 Å². The predicted octanol–water partition coefficient (Wildman–Crippen LogP) is 3.83. The van der Waals surface area contributed by atoms with Crippen LogP contribution in [0.3, 0.4) is 0 Å². The molecular weight excluding hydrogens is 717 g/mol. The standard InChI is InChI=1S/C38H52N6O9S/c1-22(2)24(4)52-36(48)41-29-13-11-9-7-8-10-12-25-20-38(25,35(47)43-54(49,50)37(5)16-17-37)42-32(45)31-19-27(21-44(31)34(29)46)53-33-23(3)39-28-15-14-26(51-6)18-30(28)40-33/h10,12,14-15,18,22,24-25,27,29,31H,7-9,11,13,16-17,19-21H2,1-6H3,(H,41,48)(H,42,45)(H,43,47)/b12-10-/t24-,25-,27-,29+,31+,38-/m1/s1. The molecule has 3 N–H and O–H groups in total. The van der Waals surface area contributed by atoms with Crippen molar-refractivity contribution in [3.05, 3.63) is 36.0 Å². The summed E-state index contributed by atoms with van der Waals surface area (Å²) in [5, 5.41) is 5.64. The molecule has 6 atom stereocenters. The van der Waals surface area contributed by atoms with Crippen LogP contribution in [-0.2, 0) is 29.1 Å². The predicted molar refractivity (Wildman–Crippen MR) is 199 cm³/mol. The lowest BCUT2D eigenvalue weighted by Crippen LogP contribution is -2.58. The van der Waals surface area contributed by atoms with Gasteiger partial charge in [-0.05, 0) is 77.3 Å². The minimum Gasteiger partial charge on any atom is -0.497 e. The van der Waals surface area contributed by atoms with Crippen LogP contribution in [0.4, 0.5) is 4.79 Å². The molecule has 2 aliphatic heterocycles. The third kappa shape index (κ3) is 8.27. The van der Waals surface area contributed by atoms with Crippen molar-refractivity contribution in [2.45, 2.75) is 127 Å². The highest BCUT2D eigenvalue weighted by molar-refractivity contribution is 7.91. The molecule has 1 saturated heterocycles. The number of rotatable bonds is 9. The summed E-state index contributed by atoms with van der Waals surface area (Å²) in [6.45, 7) is 8.93. The second-order valence-electron chi connectivity index (χ2n) is 15.7. The molecule has 0 bridgehead atoms. The van der Waals surface area contributed by atoms with Gasteiger partial charge < -0.3 is 29.7 Å². The number of carbonyl (C=O) groups excluding carboxylic acids is 4. The summed E-state index contributed by atoms with van der Waals surface area (Å²) in [6.07, 6.45) is 6.24. The number of hydrogen-bond donors (Lipinski definition) is 3. The number of nitrogens with one attached hydrogen (secondary N) is 3. The Bertz CT molecular complexity index is 1930. The molecule has 6 rings (SSSR count). The number of aromatic nitrogens is 2. The van der Waals surface area contributed by atoms with Crippen LogP contribution in [0, 0.1) is 18.8 Å². The lowest BCUT2D eigenvalue weighted by atomic mass is 10.0. The molecule has 3 fully saturated rings. The molecule has 2 aromatic rings. The van der Waals surface area contributed by atoms with Gasteiger partial charge in [-0.25, -0.2) is 23.2 Å². The average Bonchev–Trinajstić information content (AvgIpc) is 4.00. The Hall–Kier alpha value is -4.47. The summed E-state index contributed by atoms with van der Waals surface area (Å²) in [4.78, 5) is 66.5. The summed E-state index contributed by atoms with van der Waals surface area (Å²) in [5.74, 6) is -1.50. The Kier molecular flexibility index (Phi) is 11.1. The maximum atomic E-state index is 14.5. The fourth-order valence-corrected chi connectivity index (χ4v) is 8.24. The Labute approximate surface area is 316 Å². The number of carbonyl (C=O) groups is 4. The zero-order chi connectivity index (χ0) is 39.0. The molecular formula is C38H52N6O9S. The molecule has 4 amide bonds. The van der Waals surface area contributed by atoms with Crippen LogP contribution < -0.4 is 24.8 Å². The van der Waals surface area contributed by atoms with E-state index in [-0.39, 0.29) is 31.2 Å². The lowest BCUT2D eigenvalue weighted by molar-refractivity contribution is -0.141. The van der Waals surface area contributed by atoms with Crippen LogP contribution >= 0.6 is 0 Å². The average molecular weight is 769 g/mol. The second-order valence-corrected chi connectivity index (χ2v) is 17.9. The van der Waals surface area contributed by atoms with E-state index < -0.39 is 74.3 Å². The highest BCUT2D eigenvalue weighted by atomic mass is 32.2. The van der Waals surface area contributed by atoms with E-state index in [2.05, 4.69) is 25.3 Å². The summed E-state index contributed by atoms with van der Waals surface area (Å²) in [7, 11) is -2.44. The van der Waals surface area contributed by atoms with E-state index in [1.54, 1.807) is 46.1 Å². The van der Waals surface area contributed by atoms with Gasteiger partial charge in [-0.3, -0.25) is 19.1 Å². The summed E-state index contributed by atoms with van der Waals surface area (Å²) >= 11 is 0. The molecule has 15 nitrogen and oxygen atoms in total. The molecule has 1 aromatic carbocycles. The number of ether oxygens (including phenoxy) is 3. The Morgan fingerprint density at radius 2 is 1.83 bits per heavy atom. The Morgan fingerprint density at radius 3 is 2.54 bits per heavy atom. The minimum absolute atomic E-state index is 0.0287. The van der Waals surface area contributed by atoms with E-state index >= 15 is 0 Å². The Morgan fingerprint density at radius 1 is 1.07 bits per heavy atom. The van der Waals surface area contributed by atoms with E-state index in [1.807, 2.05) is 26.0 Å². The molecule has 3 heterocycles. The van der Waals surface area contributed by atoms with Gasteiger partial charge in [0.05, 0.1) is 29.4 Å². The molecule has 16 heteroatoms. The minimum atomic E-state index is -3.99. The summed E-state index contributed by atoms with van der Waals surface area (Å²) in [6, 6.07) is 3.17. The van der Waals surface area contributed by atoms with Crippen molar-refractivity contribution in [1.29, 1.82) is 0 Å². The number of fused-ring (bicyclic) bond motifs is 3. The number of nitrogens with zero attached hydrogens (tertiary/aromatic N) is 3. The molecule has 294 valence electrons. The van der Waals surface area contributed by atoms with Gasteiger partial charge in [0.2, 0.25) is 27.7 Å². The van der Waals surface area contributed by atoms with Crippen LogP contribution in [0.5, 0.6) is 11.6 Å². The van der Waals surface area contributed by atoms with Gasteiger partial charge in [-0.15, -0.1) is 0 Å². The molecule has 2 aliphatic carbocycles. The van der Waals surface area contributed by atoms with E-state index in [0.717, 1.165) is 12.8 Å². The van der Waals surface area contributed by atoms with Crippen molar-refractivity contribution < 1.29 is 41.8 Å². The normalized spacial score (nSPS) is 28.0. The highest BCUT2D eigenvalue weighted by Gasteiger charge is 2.63. The van der Waals surface area contributed by atoms with Gasteiger partial charge in [0.1, 0.15) is 41.3 Å². The fraction of sp³-hybridized carbons (Fsp3) is 0.632. The number of amides is 4. The van der Waals surface area contributed by atoms with Crippen LogP contribution in [-0.4, -0.2) is 95.3 Å². The van der Waals surface area contributed by atoms with Crippen molar-refractivity contribution in [3.63, 3.8) is 0 Å². The molecule has 0 spiro atoms. The largest absolute Gasteiger partial charge is 0.497 e. The van der Waals surface area contributed by atoms with Crippen molar-refractivity contribution >= 4 is 44.9 Å². The molecule has 0 unspecified atom stereocenters. The van der Waals surface area contributed by atoms with Crippen molar-refractivity contribution in [1.82, 2.24) is 30.2 Å². The molecule has 54 heavy (non-hydrogen) atoms. The number of alkyl carbamates (subject to hydrolysis) is 1. The van der Waals surface area contributed by atoms with Crippen molar-refractivity contribution in [2.24, 2.45) is 11.8 Å². The van der Waals surface area contributed by atoms with E-state index in [1.165, 1.54) is 4.90 Å². The van der Waals surface area contributed by atoms with Gasteiger partial charge in [-0.2, -0.15) is 0 Å². The monoisotopic (exact) mass is 768 g/mol. The van der Waals surface area contributed by atoms with Gasteiger partial charge in [0.25, 0.3) is 5.91 Å². The first-order chi connectivity index (χ1) is 25.6. The number of hydrogen-bond acceptors (Lipinski definition) is 11. The molecule has 1 aromatic heterocycles. The second kappa shape index (κ2) is 15.3. The first kappa shape index (κ1) is 39.2. The number of allylic oxidation sites excluding steroid dienone is 1. The van der Waals surface area contributed by atoms with E-state index in [9.17, 15) is 27.6 Å². The fourth-order valence-electron chi connectivity index (χ4n) is 6.93. The zero-order valence-electron chi connectivity index (χ0n) is 31.8. The van der Waals surface area contributed by atoms with Crippen molar-refractivity contribution in [3.8, 4) is 11.6 Å². The third-order valence-corrected chi connectivity index (χ3v) is 13.4. The summed E-state index contributed by atoms with van der Waals surface area (Å²) < 4.78 is 44.8. The SMILES string of the molecule is COc1ccc2nc(C)c(O[C@@H]3C[C@H]4C(=O)N[C@]5(C(=O)NS(=O)(=O)C6(C)CC6)C[C@H]5/C=C\CCCCC[C@H](NC(=O)O[C@H](C)C(C)C)C(=O)N4C3)nc2c1. The molecule has 0 radical (unpaired) electrons. The van der Waals surface area contributed by atoms with Crippen LogP contribution in [0.25, 0.3) is 11.0 Å². The first-order valence-electron chi connectivity index (χ1n) is 18.9. The van der Waals surface area contributed by atoms with Crippen LogP contribution in [0.15, 0.2) is 30.4 Å². The quantitative estimate of drug-likeness (QED) is 0.314. The number of sulfonamides is 1. The smallest absolute Gasteiger partial charge is 0.408 e. The zero-order valence-corrected chi connectivity index (χ0v) is 32.7. The topological polar surface area (TPSA) is 195 Å². The van der Waals surface area contributed by atoms with Gasteiger partial charge >= 0.3 is 6.09 Å². The van der Waals surface area contributed by atoms with E-state index in [0.29, 0.717) is 54.6 Å². The van der Waals surface area contributed by atoms with Crippen LogP contribution in [0.2, 0.25) is 0 Å². The molecule has 4 aliphatic rings. The lowest BCUT2D eigenvalue weighted by Gasteiger charge is -2.30. The highest BCUT2D eigenvalue weighted by Crippen LogP contribution is 2.47. The van der Waals surface area contributed by atoms with Crippen LogP contribution in [0.1, 0.15) is 91.2 Å².